The maximum atomic E-state index is 12.0. The zero-order valence-corrected chi connectivity index (χ0v) is 16.4. The number of hydroxylamine groups is 1. The van der Waals surface area contributed by atoms with Crippen molar-refractivity contribution in [3.8, 4) is 11.1 Å². The molecule has 2 N–H and O–H groups in total. The van der Waals surface area contributed by atoms with E-state index in [4.69, 9.17) is 9.57 Å². The van der Waals surface area contributed by atoms with E-state index in [1.807, 2.05) is 24.3 Å². The molecule has 1 unspecified atom stereocenters. The fourth-order valence-corrected chi connectivity index (χ4v) is 3.71. The average Bonchev–Trinajstić information content (AvgIpc) is 3.04. The smallest absolute Gasteiger partial charge is 0.431 e. The van der Waals surface area contributed by atoms with Gasteiger partial charge in [0.15, 0.2) is 0 Å². The number of benzene rings is 2. The summed E-state index contributed by atoms with van der Waals surface area (Å²) in [6.45, 7) is 2.46. The van der Waals surface area contributed by atoms with E-state index in [1.54, 1.807) is 0 Å². The summed E-state index contributed by atoms with van der Waals surface area (Å²) in [4.78, 5) is 17.1. The van der Waals surface area contributed by atoms with Gasteiger partial charge in [-0.25, -0.2) is 4.79 Å². The number of carbonyl (C=O) groups is 1. The minimum atomic E-state index is -0.639. The van der Waals surface area contributed by atoms with E-state index < -0.39 is 12.2 Å². The molecule has 3 rings (SSSR count). The first-order valence-corrected chi connectivity index (χ1v) is 10.1. The lowest BCUT2D eigenvalue weighted by atomic mass is 9.98. The van der Waals surface area contributed by atoms with Gasteiger partial charge in [-0.2, -0.15) is 5.48 Å². The van der Waals surface area contributed by atoms with Gasteiger partial charge < -0.3 is 9.84 Å². The molecule has 28 heavy (non-hydrogen) atoms. The molecule has 1 aliphatic rings. The summed E-state index contributed by atoms with van der Waals surface area (Å²) in [5, 5.41) is 9.87. The molecule has 0 bridgehead atoms. The highest BCUT2D eigenvalue weighted by Crippen LogP contribution is 2.44. The minimum absolute atomic E-state index is 0.0160. The van der Waals surface area contributed by atoms with Gasteiger partial charge in [0.2, 0.25) is 0 Å². The molecule has 0 radical (unpaired) electrons. The second kappa shape index (κ2) is 10.2. The molecular formula is C23H29NO4. The van der Waals surface area contributed by atoms with Crippen LogP contribution in [0.3, 0.4) is 0 Å². The Balaban J connectivity index is 1.44. The number of rotatable bonds is 10. The zero-order valence-electron chi connectivity index (χ0n) is 16.4. The molecule has 0 aromatic heterocycles. The van der Waals surface area contributed by atoms with Gasteiger partial charge in [0, 0.05) is 5.92 Å². The molecule has 0 spiro atoms. The van der Waals surface area contributed by atoms with Gasteiger partial charge in [-0.15, -0.1) is 0 Å². The summed E-state index contributed by atoms with van der Waals surface area (Å²) < 4.78 is 5.38. The predicted molar refractivity (Wildman–Crippen MR) is 109 cm³/mol. The molecule has 5 heteroatoms. The fraction of sp³-hybridized carbons (Fsp3) is 0.435. The van der Waals surface area contributed by atoms with Crippen molar-refractivity contribution < 1.29 is 19.5 Å². The Morgan fingerprint density at radius 3 is 2.32 bits per heavy atom. The van der Waals surface area contributed by atoms with E-state index in [1.165, 1.54) is 28.7 Å². The van der Waals surface area contributed by atoms with E-state index in [0.717, 1.165) is 19.3 Å². The molecule has 1 amide bonds. The van der Waals surface area contributed by atoms with Crippen molar-refractivity contribution in [3.63, 3.8) is 0 Å². The maximum Gasteiger partial charge on any atom is 0.431 e. The normalized spacial score (nSPS) is 13.6. The van der Waals surface area contributed by atoms with E-state index >= 15 is 0 Å². The average molecular weight is 383 g/mol. The molecule has 2 aromatic carbocycles. The van der Waals surface area contributed by atoms with Crippen molar-refractivity contribution in [1.82, 2.24) is 5.48 Å². The Hall–Kier alpha value is -2.37. The number of ether oxygens (including phenoxy) is 1. The van der Waals surface area contributed by atoms with Crippen LogP contribution in [0, 0.1) is 0 Å². The number of nitrogens with one attached hydrogen (secondary N) is 1. The molecule has 0 fully saturated rings. The van der Waals surface area contributed by atoms with Gasteiger partial charge in [-0.1, -0.05) is 81.1 Å². The number of aliphatic hydroxyl groups excluding tert-OH is 1. The molecular weight excluding hydrogens is 354 g/mol. The van der Waals surface area contributed by atoms with Crippen LogP contribution in [-0.2, 0) is 9.57 Å². The van der Waals surface area contributed by atoms with Crippen molar-refractivity contribution in [2.45, 2.75) is 51.0 Å². The Morgan fingerprint density at radius 2 is 1.68 bits per heavy atom. The standard InChI is InChI=1S/C23H29NO4/c1-2-3-4-5-10-17(25)15-28-24-23(26)27-16-22-20-13-8-6-11-18(20)19-12-7-9-14-21(19)22/h6-9,11-14,17,22,25H,2-5,10,15-16H2,1H3,(H,24,26). The van der Waals surface area contributed by atoms with Crippen molar-refractivity contribution in [2.24, 2.45) is 0 Å². The Kier molecular flexibility index (Phi) is 7.46. The first kappa shape index (κ1) is 20.4. The number of hydrogen-bond acceptors (Lipinski definition) is 4. The second-order valence-corrected chi connectivity index (χ2v) is 7.24. The molecule has 0 saturated carbocycles. The molecule has 2 aromatic rings. The maximum absolute atomic E-state index is 12.0. The quantitative estimate of drug-likeness (QED) is 0.457. The van der Waals surface area contributed by atoms with Crippen LogP contribution in [0.25, 0.3) is 11.1 Å². The largest absolute Gasteiger partial charge is 0.447 e. The van der Waals surface area contributed by atoms with Crippen molar-refractivity contribution in [1.29, 1.82) is 0 Å². The van der Waals surface area contributed by atoms with Crippen molar-refractivity contribution in [2.75, 3.05) is 13.2 Å². The predicted octanol–water partition coefficient (Wildman–Crippen LogP) is 4.79. The lowest BCUT2D eigenvalue weighted by molar-refractivity contribution is -0.0217. The fourth-order valence-electron chi connectivity index (χ4n) is 3.71. The highest BCUT2D eigenvalue weighted by molar-refractivity contribution is 5.79. The van der Waals surface area contributed by atoms with Crippen LogP contribution in [0.2, 0.25) is 0 Å². The molecule has 0 aliphatic heterocycles. The Labute approximate surface area is 166 Å². The third-order valence-electron chi connectivity index (χ3n) is 5.17. The third-order valence-corrected chi connectivity index (χ3v) is 5.17. The molecule has 150 valence electrons. The Morgan fingerprint density at radius 1 is 1.04 bits per heavy atom. The summed E-state index contributed by atoms with van der Waals surface area (Å²) in [7, 11) is 0. The molecule has 1 atom stereocenters. The van der Waals surface area contributed by atoms with Crippen LogP contribution in [0.15, 0.2) is 48.5 Å². The topological polar surface area (TPSA) is 67.8 Å². The first-order chi connectivity index (χ1) is 13.7. The minimum Gasteiger partial charge on any atom is -0.447 e. The van der Waals surface area contributed by atoms with Gasteiger partial charge in [-0.05, 0) is 28.7 Å². The lowest BCUT2D eigenvalue weighted by Crippen LogP contribution is -2.30. The van der Waals surface area contributed by atoms with Gasteiger partial charge in [0.25, 0.3) is 0 Å². The summed E-state index contributed by atoms with van der Waals surface area (Å²) in [6.07, 6.45) is 3.86. The van der Waals surface area contributed by atoms with E-state index in [-0.39, 0.29) is 19.1 Å². The monoisotopic (exact) mass is 383 g/mol. The highest BCUT2D eigenvalue weighted by Gasteiger charge is 2.28. The summed E-state index contributed by atoms with van der Waals surface area (Å²) >= 11 is 0. The zero-order chi connectivity index (χ0) is 19.8. The summed E-state index contributed by atoms with van der Waals surface area (Å²) in [5.74, 6) is 0.0160. The number of unbranched alkanes of at least 4 members (excludes halogenated alkanes) is 3. The number of fused-ring (bicyclic) bond motifs is 3. The number of amides is 1. The molecule has 0 heterocycles. The number of hydrogen-bond donors (Lipinski definition) is 2. The van der Waals surface area contributed by atoms with Crippen LogP contribution < -0.4 is 5.48 Å². The number of aliphatic hydroxyl groups is 1. The van der Waals surface area contributed by atoms with Gasteiger partial charge in [0.05, 0.1) is 6.10 Å². The highest BCUT2D eigenvalue weighted by atomic mass is 16.7. The van der Waals surface area contributed by atoms with Gasteiger partial charge in [-0.3, -0.25) is 4.84 Å². The third kappa shape index (κ3) is 5.12. The second-order valence-electron chi connectivity index (χ2n) is 7.24. The van der Waals surface area contributed by atoms with Crippen LogP contribution in [0.1, 0.15) is 56.1 Å². The van der Waals surface area contributed by atoms with E-state index in [9.17, 15) is 9.90 Å². The van der Waals surface area contributed by atoms with E-state index in [2.05, 4.69) is 36.7 Å². The van der Waals surface area contributed by atoms with Crippen molar-refractivity contribution >= 4 is 6.09 Å². The van der Waals surface area contributed by atoms with Crippen LogP contribution in [0.4, 0.5) is 4.79 Å². The van der Waals surface area contributed by atoms with Crippen molar-refractivity contribution in [3.05, 3.63) is 59.7 Å². The van der Waals surface area contributed by atoms with Gasteiger partial charge >= 0.3 is 6.09 Å². The molecule has 5 nitrogen and oxygen atoms in total. The summed E-state index contributed by atoms with van der Waals surface area (Å²) in [5.41, 5.74) is 6.98. The Bertz CT molecular complexity index is 731. The van der Waals surface area contributed by atoms with E-state index in [0.29, 0.717) is 6.42 Å². The number of carbonyl (C=O) groups excluding carboxylic acids is 1. The lowest BCUT2D eigenvalue weighted by Gasteiger charge is -2.15. The summed E-state index contributed by atoms with van der Waals surface area (Å²) in [6, 6.07) is 16.4. The van der Waals surface area contributed by atoms with Crippen LogP contribution in [0.5, 0.6) is 0 Å². The molecule has 1 aliphatic carbocycles. The van der Waals surface area contributed by atoms with Crippen LogP contribution in [-0.4, -0.2) is 30.5 Å². The van der Waals surface area contributed by atoms with Crippen LogP contribution >= 0.6 is 0 Å². The first-order valence-electron chi connectivity index (χ1n) is 10.1. The SMILES string of the molecule is CCCCCCC(O)CONC(=O)OCC1c2ccccc2-c2ccccc21. The molecule has 0 saturated heterocycles. The van der Waals surface area contributed by atoms with Gasteiger partial charge in [0.1, 0.15) is 13.2 Å².